The summed E-state index contributed by atoms with van der Waals surface area (Å²) in [6.45, 7) is 2.05. The van der Waals surface area contributed by atoms with Crippen molar-refractivity contribution in [1.82, 2.24) is 5.32 Å². The van der Waals surface area contributed by atoms with Gasteiger partial charge in [-0.3, -0.25) is 4.79 Å². The summed E-state index contributed by atoms with van der Waals surface area (Å²) in [5.74, 6) is 0.589. The average molecular weight is 231 g/mol. The molecule has 1 fully saturated rings. The van der Waals surface area contributed by atoms with Crippen molar-refractivity contribution in [3.05, 3.63) is 29.3 Å². The Kier molecular flexibility index (Phi) is 2.61. The van der Waals surface area contributed by atoms with Crippen molar-refractivity contribution >= 4 is 11.6 Å². The molecule has 90 valence electrons. The molecule has 1 aromatic rings. The number of hydrogen-bond donors (Lipinski definition) is 3. The number of amides is 1. The highest BCUT2D eigenvalue weighted by atomic mass is 16.1. The van der Waals surface area contributed by atoms with E-state index in [9.17, 15) is 4.79 Å². The Balaban J connectivity index is 1.84. The Hall–Kier alpha value is -1.39. The highest BCUT2D eigenvalue weighted by Crippen LogP contribution is 2.30. The van der Waals surface area contributed by atoms with E-state index in [-0.39, 0.29) is 11.9 Å². The Morgan fingerprint density at radius 2 is 2.29 bits per heavy atom. The molecule has 4 nitrogen and oxygen atoms in total. The Bertz CT molecular complexity index is 452. The maximum atomic E-state index is 11.3. The van der Waals surface area contributed by atoms with Crippen molar-refractivity contribution in [1.29, 1.82) is 0 Å². The quantitative estimate of drug-likeness (QED) is 0.705. The van der Waals surface area contributed by atoms with Gasteiger partial charge in [0.15, 0.2) is 0 Å². The second-order valence-electron chi connectivity index (χ2n) is 4.92. The molecule has 2 heterocycles. The summed E-state index contributed by atoms with van der Waals surface area (Å²) in [5, 5.41) is 6.18. The molecule has 0 saturated carbocycles. The number of anilines is 1. The lowest BCUT2D eigenvalue weighted by atomic mass is 9.92. The molecule has 1 aromatic carbocycles. The lowest BCUT2D eigenvalue weighted by molar-refractivity contribution is -0.115. The van der Waals surface area contributed by atoms with E-state index in [1.165, 1.54) is 0 Å². The van der Waals surface area contributed by atoms with E-state index in [1.807, 2.05) is 12.1 Å². The predicted molar refractivity (Wildman–Crippen MR) is 66.7 cm³/mol. The van der Waals surface area contributed by atoms with Crippen LogP contribution in [0.1, 0.15) is 23.6 Å². The number of benzene rings is 1. The van der Waals surface area contributed by atoms with E-state index in [1.54, 1.807) is 0 Å². The monoisotopic (exact) mass is 231 g/mol. The molecule has 1 saturated heterocycles. The van der Waals surface area contributed by atoms with Crippen LogP contribution < -0.4 is 16.4 Å². The fourth-order valence-electron chi connectivity index (χ4n) is 2.71. The zero-order valence-electron chi connectivity index (χ0n) is 9.70. The minimum atomic E-state index is 0.0750. The highest BCUT2D eigenvalue weighted by Gasteiger charge is 2.25. The lowest BCUT2D eigenvalue weighted by Crippen LogP contribution is -2.23. The van der Waals surface area contributed by atoms with Crippen LogP contribution >= 0.6 is 0 Å². The van der Waals surface area contributed by atoms with Gasteiger partial charge < -0.3 is 16.4 Å². The molecule has 4 N–H and O–H groups in total. The topological polar surface area (TPSA) is 67.2 Å². The second kappa shape index (κ2) is 4.13. The highest BCUT2D eigenvalue weighted by molar-refractivity contribution is 5.99. The maximum Gasteiger partial charge on any atom is 0.228 e. The molecule has 2 aliphatic heterocycles. The molecular weight excluding hydrogens is 214 g/mol. The minimum absolute atomic E-state index is 0.0750. The van der Waals surface area contributed by atoms with Gasteiger partial charge in [0.2, 0.25) is 5.91 Å². The maximum absolute atomic E-state index is 11.3. The molecule has 2 unspecified atom stereocenters. The number of rotatable bonds is 2. The standard InChI is InChI=1S/C13H17N3O/c14-13(9-3-4-15-7-9)8-1-2-11-10(5-8)6-12(17)16-11/h1-2,5,9,13,15H,3-4,6-7,14H2,(H,16,17). The molecule has 4 heteroatoms. The van der Waals surface area contributed by atoms with Crippen molar-refractivity contribution in [3.8, 4) is 0 Å². The summed E-state index contributed by atoms with van der Waals surface area (Å²) in [4.78, 5) is 11.3. The van der Waals surface area contributed by atoms with Crippen LogP contribution in [0.5, 0.6) is 0 Å². The Morgan fingerprint density at radius 3 is 3.06 bits per heavy atom. The minimum Gasteiger partial charge on any atom is -0.326 e. The van der Waals surface area contributed by atoms with Crippen LogP contribution in [0, 0.1) is 5.92 Å². The van der Waals surface area contributed by atoms with Gasteiger partial charge >= 0.3 is 0 Å². The average Bonchev–Trinajstić information content (AvgIpc) is 2.94. The molecular formula is C13H17N3O. The van der Waals surface area contributed by atoms with Crippen molar-refractivity contribution in [2.75, 3.05) is 18.4 Å². The van der Waals surface area contributed by atoms with Crippen molar-refractivity contribution in [2.45, 2.75) is 18.9 Å². The van der Waals surface area contributed by atoms with Crippen LogP contribution in [-0.2, 0) is 11.2 Å². The smallest absolute Gasteiger partial charge is 0.228 e. The molecule has 0 spiro atoms. The molecule has 2 aliphatic rings. The fraction of sp³-hybridized carbons (Fsp3) is 0.462. The third-order valence-corrected chi connectivity index (χ3v) is 3.75. The molecule has 17 heavy (non-hydrogen) atoms. The molecule has 0 radical (unpaired) electrons. The fourth-order valence-corrected chi connectivity index (χ4v) is 2.71. The van der Waals surface area contributed by atoms with E-state index < -0.39 is 0 Å². The van der Waals surface area contributed by atoms with Gasteiger partial charge in [0.25, 0.3) is 0 Å². The number of nitrogens with one attached hydrogen (secondary N) is 2. The van der Waals surface area contributed by atoms with E-state index in [4.69, 9.17) is 5.73 Å². The third kappa shape index (κ3) is 1.94. The molecule has 2 atom stereocenters. The van der Waals surface area contributed by atoms with Crippen LogP contribution in [0.2, 0.25) is 0 Å². The first-order valence-electron chi connectivity index (χ1n) is 6.13. The molecule has 3 rings (SSSR count). The van der Waals surface area contributed by atoms with Gasteiger partial charge in [-0.15, -0.1) is 0 Å². The summed E-state index contributed by atoms with van der Waals surface area (Å²) < 4.78 is 0. The van der Waals surface area contributed by atoms with Gasteiger partial charge in [0.1, 0.15) is 0 Å². The van der Waals surface area contributed by atoms with Gasteiger partial charge in [0.05, 0.1) is 6.42 Å². The van der Waals surface area contributed by atoms with Gasteiger partial charge in [0, 0.05) is 11.7 Å². The van der Waals surface area contributed by atoms with Crippen LogP contribution in [-0.4, -0.2) is 19.0 Å². The van der Waals surface area contributed by atoms with Gasteiger partial charge in [-0.1, -0.05) is 12.1 Å². The summed E-state index contributed by atoms with van der Waals surface area (Å²) in [6, 6.07) is 6.16. The van der Waals surface area contributed by atoms with Crippen LogP contribution in [0.25, 0.3) is 0 Å². The largest absolute Gasteiger partial charge is 0.326 e. The number of nitrogens with two attached hydrogens (primary N) is 1. The van der Waals surface area contributed by atoms with Gasteiger partial charge in [-0.25, -0.2) is 0 Å². The number of hydrogen-bond acceptors (Lipinski definition) is 3. The summed E-state index contributed by atoms with van der Waals surface area (Å²) in [6.07, 6.45) is 1.62. The number of fused-ring (bicyclic) bond motifs is 1. The molecule has 0 aliphatic carbocycles. The van der Waals surface area contributed by atoms with E-state index in [0.717, 1.165) is 36.3 Å². The normalized spacial score (nSPS) is 24.5. The van der Waals surface area contributed by atoms with Crippen LogP contribution in [0.3, 0.4) is 0 Å². The summed E-state index contributed by atoms with van der Waals surface area (Å²) in [5.41, 5.74) is 9.45. The number of carbonyl (C=O) groups is 1. The van der Waals surface area contributed by atoms with Gasteiger partial charge in [-0.05, 0) is 42.6 Å². The summed E-state index contributed by atoms with van der Waals surface area (Å²) in [7, 11) is 0. The van der Waals surface area contributed by atoms with Gasteiger partial charge in [-0.2, -0.15) is 0 Å². The summed E-state index contributed by atoms with van der Waals surface area (Å²) >= 11 is 0. The van der Waals surface area contributed by atoms with Crippen LogP contribution in [0.15, 0.2) is 18.2 Å². The lowest BCUT2D eigenvalue weighted by Gasteiger charge is -2.19. The van der Waals surface area contributed by atoms with E-state index in [2.05, 4.69) is 16.7 Å². The van der Waals surface area contributed by atoms with E-state index >= 15 is 0 Å². The Labute approximate surface area is 101 Å². The SMILES string of the molecule is NC(c1ccc2c(c1)CC(=O)N2)C1CCNC1. The first kappa shape index (κ1) is 10.7. The molecule has 0 aromatic heterocycles. The first-order chi connectivity index (χ1) is 8.24. The van der Waals surface area contributed by atoms with Crippen molar-refractivity contribution in [3.63, 3.8) is 0 Å². The third-order valence-electron chi connectivity index (χ3n) is 3.75. The molecule has 1 amide bonds. The number of carbonyl (C=O) groups excluding carboxylic acids is 1. The first-order valence-corrected chi connectivity index (χ1v) is 6.13. The predicted octanol–water partition coefficient (Wildman–Crippen LogP) is 0.791. The Morgan fingerprint density at radius 1 is 1.41 bits per heavy atom. The second-order valence-corrected chi connectivity index (χ2v) is 4.92. The van der Waals surface area contributed by atoms with Crippen molar-refractivity contribution < 1.29 is 4.79 Å². The molecule has 0 bridgehead atoms. The zero-order chi connectivity index (χ0) is 11.8. The van der Waals surface area contributed by atoms with Crippen molar-refractivity contribution in [2.24, 2.45) is 11.7 Å². The zero-order valence-corrected chi connectivity index (χ0v) is 9.70. The van der Waals surface area contributed by atoms with E-state index in [0.29, 0.717) is 12.3 Å². The van der Waals surface area contributed by atoms with Crippen LogP contribution in [0.4, 0.5) is 5.69 Å².